The molecular weight excluding hydrogens is 114 g/mol. The smallest absolute Gasteiger partial charge is 0.0625 e. The summed E-state index contributed by atoms with van der Waals surface area (Å²) in [4.78, 5) is 2.23. The Bertz CT molecular complexity index is 92.9. The summed E-state index contributed by atoms with van der Waals surface area (Å²) < 4.78 is 5.29. The van der Waals surface area contributed by atoms with Crippen molar-refractivity contribution in [2.45, 2.75) is 13.0 Å². The maximum atomic E-state index is 5.29. The first-order valence-electron chi connectivity index (χ1n) is 3.46. The van der Waals surface area contributed by atoms with Crippen LogP contribution in [0.5, 0.6) is 0 Å². The highest BCUT2D eigenvalue weighted by Crippen LogP contribution is 2.15. The van der Waals surface area contributed by atoms with E-state index in [1.54, 1.807) is 0 Å². The molecule has 0 amide bonds. The molecule has 2 nitrogen and oxygen atoms in total. The molecule has 0 spiro atoms. The summed E-state index contributed by atoms with van der Waals surface area (Å²) in [6, 6.07) is 0.644. The van der Waals surface area contributed by atoms with Crippen LogP contribution in [0.2, 0.25) is 0 Å². The van der Waals surface area contributed by atoms with E-state index in [9.17, 15) is 0 Å². The Labute approximate surface area is 56.8 Å². The van der Waals surface area contributed by atoms with Gasteiger partial charge in [-0.15, -0.1) is 0 Å². The number of likely N-dealkylation sites (N-methyl/N-ethyl adjacent to an activating group) is 1. The van der Waals surface area contributed by atoms with E-state index in [2.05, 4.69) is 25.9 Å². The zero-order valence-corrected chi connectivity index (χ0v) is 6.42. The van der Waals surface area contributed by atoms with Gasteiger partial charge in [0.1, 0.15) is 0 Å². The monoisotopic (exact) mass is 129 g/mol. The molecule has 1 aliphatic heterocycles. The molecule has 0 aromatic rings. The van der Waals surface area contributed by atoms with E-state index in [0.29, 0.717) is 12.0 Å². The normalized spacial score (nSPS) is 36.0. The quantitative estimate of drug-likeness (QED) is 0.513. The lowest BCUT2D eigenvalue weighted by molar-refractivity contribution is 0.169. The predicted molar refractivity (Wildman–Crippen MR) is 37.5 cm³/mol. The fourth-order valence-electron chi connectivity index (χ4n) is 1.31. The largest absolute Gasteiger partial charge is 0.379 e. The average molecular weight is 129 g/mol. The van der Waals surface area contributed by atoms with Gasteiger partial charge in [-0.25, -0.2) is 0 Å². The fraction of sp³-hybridized carbons (Fsp3) is 1.00. The summed E-state index contributed by atoms with van der Waals surface area (Å²) >= 11 is 0. The van der Waals surface area contributed by atoms with Crippen molar-refractivity contribution in [1.82, 2.24) is 4.90 Å². The Hall–Kier alpha value is -0.0800. The van der Waals surface area contributed by atoms with Gasteiger partial charge in [0.25, 0.3) is 0 Å². The van der Waals surface area contributed by atoms with E-state index in [1.165, 1.54) is 0 Å². The fourth-order valence-corrected chi connectivity index (χ4v) is 1.31. The first-order valence-corrected chi connectivity index (χ1v) is 3.46. The van der Waals surface area contributed by atoms with Gasteiger partial charge in [0.05, 0.1) is 13.2 Å². The van der Waals surface area contributed by atoms with Gasteiger partial charge in [-0.2, -0.15) is 0 Å². The van der Waals surface area contributed by atoms with Gasteiger partial charge in [-0.1, -0.05) is 6.92 Å². The minimum Gasteiger partial charge on any atom is -0.379 e. The molecule has 0 unspecified atom stereocenters. The third-order valence-corrected chi connectivity index (χ3v) is 1.99. The molecule has 0 N–H and O–H groups in total. The average Bonchev–Trinajstić information content (AvgIpc) is 2.13. The maximum absolute atomic E-state index is 5.29. The Balaban J connectivity index is 2.40. The lowest BCUT2D eigenvalue weighted by Crippen LogP contribution is -2.32. The van der Waals surface area contributed by atoms with Crippen molar-refractivity contribution in [2.24, 2.45) is 5.92 Å². The van der Waals surface area contributed by atoms with Crippen LogP contribution in [0.15, 0.2) is 0 Å². The summed E-state index contributed by atoms with van der Waals surface area (Å²) in [5, 5.41) is 0. The van der Waals surface area contributed by atoms with Crippen molar-refractivity contribution in [3.05, 3.63) is 0 Å². The van der Waals surface area contributed by atoms with Crippen molar-refractivity contribution in [1.29, 1.82) is 0 Å². The number of hydrogen-bond acceptors (Lipinski definition) is 2. The maximum Gasteiger partial charge on any atom is 0.0625 e. The van der Waals surface area contributed by atoms with Gasteiger partial charge >= 0.3 is 0 Å². The van der Waals surface area contributed by atoms with Crippen molar-refractivity contribution in [3.8, 4) is 0 Å². The van der Waals surface area contributed by atoms with Crippen molar-refractivity contribution < 1.29 is 4.74 Å². The van der Waals surface area contributed by atoms with E-state index < -0.39 is 0 Å². The van der Waals surface area contributed by atoms with Crippen molar-refractivity contribution in [2.75, 3.05) is 27.3 Å². The van der Waals surface area contributed by atoms with Gasteiger partial charge in [0.2, 0.25) is 0 Å². The Morgan fingerprint density at radius 1 is 1.33 bits per heavy atom. The number of nitrogens with zero attached hydrogens (tertiary/aromatic N) is 1. The molecule has 0 aromatic carbocycles. The molecule has 1 heterocycles. The van der Waals surface area contributed by atoms with Crippen LogP contribution in [-0.4, -0.2) is 38.3 Å². The second kappa shape index (κ2) is 2.67. The standard InChI is InChI=1S/C7H15NO/c1-6-4-9-5-7(6)8(2)3/h6-7H,4-5H2,1-3H3/t6-,7-/m1/s1. The van der Waals surface area contributed by atoms with Crippen LogP contribution >= 0.6 is 0 Å². The van der Waals surface area contributed by atoms with E-state index in [0.717, 1.165) is 13.2 Å². The molecule has 0 radical (unpaired) electrons. The Kier molecular flexibility index (Phi) is 2.09. The Morgan fingerprint density at radius 2 is 2.00 bits per heavy atom. The van der Waals surface area contributed by atoms with Crippen LogP contribution in [0.25, 0.3) is 0 Å². The molecule has 0 saturated carbocycles. The molecular formula is C7H15NO. The van der Waals surface area contributed by atoms with Crippen LogP contribution < -0.4 is 0 Å². The molecule has 0 aromatic heterocycles. The van der Waals surface area contributed by atoms with Crippen LogP contribution in [0.4, 0.5) is 0 Å². The summed E-state index contributed by atoms with van der Waals surface area (Å²) in [5.41, 5.74) is 0. The van der Waals surface area contributed by atoms with Gasteiger partial charge in [-0.3, -0.25) is 0 Å². The number of hydrogen-bond donors (Lipinski definition) is 0. The van der Waals surface area contributed by atoms with Gasteiger partial charge in [-0.05, 0) is 20.0 Å². The van der Waals surface area contributed by atoms with Crippen LogP contribution in [-0.2, 0) is 4.74 Å². The molecule has 0 aliphatic carbocycles. The van der Waals surface area contributed by atoms with Gasteiger partial charge < -0.3 is 9.64 Å². The summed E-state index contributed by atoms with van der Waals surface area (Å²) in [6.07, 6.45) is 0. The first-order chi connectivity index (χ1) is 4.22. The van der Waals surface area contributed by atoms with Crippen LogP contribution in [0.1, 0.15) is 6.92 Å². The minimum atomic E-state index is 0.644. The lowest BCUT2D eigenvalue weighted by Gasteiger charge is -2.20. The minimum absolute atomic E-state index is 0.644. The lowest BCUT2D eigenvalue weighted by atomic mass is 10.1. The number of rotatable bonds is 1. The van der Waals surface area contributed by atoms with Crippen LogP contribution in [0.3, 0.4) is 0 Å². The van der Waals surface area contributed by atoms with Crippen LogP contribution in [0, 0.1) is 5.92 Å². The Morgan fingerprint density at radius 3 is 2.22 bits per heavy atom. The van der Waals surface area contributed by atoms with E-state index in [-0.39, 0.29) is 0 Å². The zero-order chi connectivity index (χ0) is 6.85. The predicted octanol–water partition coefficient (Wildman–Crippen LogP) is 0.583. The second-order valence-corrected chi connectivity index (χ2v) is 3.05. The third-order valence-electron chi connectivity index (χ3n) is 1.99. The molecule has 54 valence electrons. The zero-order valence-electron chi connectivity index (χ0n) is 6.42. The molecule has 2 heteroatoms. The highest BCUT2D eigenvalue weighted by molar-refractivity contribution is 4.77. The highest BCUT2D eigenvalue weighted by atomic mass is 16.5. The van der Waals surface area contributed by atoms with E-state index in [4.69, 9.17) is 4.74 Å². The van der Waals surface area contributed by atoms with Gasteiger partial charge in [0, 0.05) is 6.04 Å². The summed E-state index contributed by atoms with van der Waals surface area (Å²) in [5.74, 6) is 0.708. The summed E-state index contributed by atoms with van der Waals surface area (Å²) in [7, 11) is 4.21. The third kappa shape index (κ3) is 1.43. The van der Waals surface area contributed by atoms with E-state index >= 15 is 0 Å². The molecule has 1 rings (SSSR count). The summed E-state index contributed by atoms with van der Waals surface area (Å²) in [6.45, 7) is 4.08. The molecule has 1 fully saturated rings. The van der Waals surface area contributed by atoms with Crippen molar-refractivity contribution in [3.63, 3.8) is 0 Å². The highest BCUT2D eigenvalue weighted by Gasteiger charge is 2.25. The topological polar surface area (TPSA) is 12.5 Å². The first kappa shape index (κ1) is 7.03. The van der Waals surface area contributed by atoms with E-state index in [1.807, 2.05) is 0 Å². The number of ether oxygens (including phenoxy) is 1. The molecule has 9 heavy (non-hydrogen) atoms. The molecule has 1 saturated heterocycles. The second-order valence-electron chi connectivity index (χ2n) is 3.05. The van der Waals surface area contributed by atoms with Gasteiger partial charge in [0.15, 0.2) is 0 Å². The van der Waals surface area contributed by atoms with Crippen molar-refractivity contribution >= 4 is 0 Å². The molecule has 2 atom stereocenters. The molecule has 1 aliphatic rings. The SMILES string of the molecule is C[C@@H]1COC[C@H]1N(C)C. The molecule has 0 bridgehead atoms.